The summed E-state index contributed by atoms with van der Waals surface area (Å²) in [5.74, 6) is 0. The van der Waals surface area contributed by atoms with Crippen molar-refractivity contribution >= 4 is 24.5 Å². The van der Waals surface area contributed by atoms with E-state index in [0.29, 0.717) is 19.6 Å². The van der Waals surface area contributed by atoms with E-state index >= 15 is 0 Å². The van der Waals surface area contributed by atoms with E-state index in [1.54, 1.807) is 6.92 Å². The van der Waals surface area contributed by atoms with Gasteiger partial charge in [0.25, 0.3) is 12.9 Å². The number of rotatable bonds is 5. The maximum absolute atomic E-state index is 9.18. The minimum absolute atomic E-state index is 0.0521. The molecule has 0 N–H and O–H groups in total. The van der Waals surface area contributed by atoms with Gasteiger partial charge in [-0.2, -0.15) is 0 Å². The molecule has 0 aliphatic heterocycles. The number of hydrogen-bond donors (Lipinski definition) is 0. The Kier molecular flexibility index (Phi) is 17.1. The second-order valence-electron chi connectivity index (χ2n) is 3.26. The number of hydrogen-bond acceptors (Lipinski definition) is 4. The molecule has 1 rings (SSSR count). The average molecular weight is 289 g/mol. The van der Waals surface area contributed by atoms with E-state index in [4.69, 9.17) is 16.4 Å². The van der Waals surface area contributed by atoms with Gasteiger partial charge in [0.2, 0.25) is 0 Å². The van der Waals surface area contributed by atoms with Gasteiger partial charge in [0.05, 0.1) is 6.61 Å². The summed E-state index contributed by atoms with van der Waals surface area (Å²) in [4.78, 5) is 18.3. The quantitative estimate of drug-likeness (QED) is 0.617. The molecule has 4 nitrogen and oxygen atoms in total. The smallest absolute Gasteiger partial charge is 0.294 e. The molecule has 0 unspecified atom stereocenters. The zero-order valence-corrected chi connectivity index (χ0v) is 12.4. The van der Waals surface area contributed by atoms with E-state index in [1.165, 1.54) is 11.1 Å². The lowest BCUT2D eigenvalue weighted by molar-refractivity contribution is -0.128. The normalized spacial score (nSPS) is 8.00. The lowest BCUT2D eigenvalue weighted by Crippen LogP contribution is -1.80. The summed E-state index contributed by atoms with van der Waals surface area (Å²) in [6, 6.07) is 8.60. The summed E-state index contributed by atoms with van der Waals surface area (Å²) < 4.78 is 8.07. The molecule has 1 aromatic rings. The Morgan fingerprint density at radius 1 is 1.05 bits per heavy atom. The molecule has 0 atom stereocenters. The molecule has 0 amide bonds. The van der Waals surface area contributed by atoms with E-state index in [1.807, 2.05) is 0 Å². The van der Waals surface area contributed by atoms with Crippen LogP contribution in [0, 0.1) is 6.92 Å². The average Bonchev–Trinajstić information content (AvgIpc) is 2.43. The van der Waals surface area contributed by atoms with E-state index in [2.05, 4.69) is 47.6 Å². The Morgan fingerprint density at radius 2 is 1.58 bits per heavy atom. The maximum atomic E-state index is 9.18. The summed E-state index contributed by atoms with van der Waals surface area (Å²) in [5.41, 5.74) is 2.76. The molecular weight excluding hydrogens is 268 g/mol. The second-order valence-corrected chi connectivity index (χ2v) is 3.48. The fourth-order valence-corrected chi connectivity index (χ4v) is 0.969. The van der Waals surface area contributed by atoms with Crippen LogP contribution in [-0.4, -0.2) is 25.6 Å². The van der Waals surface area contributed by atoms with E-state index < -0.39 is 0 Å². The minimum atomic E-state index is -0.0521. The Labute approximate surface area is 119 Å². The molecule has 0 fully saturated rings. The summed E-state index contributed by atoms with van der Waals surface area (Å²) in [7, 11) is 0. The number of halogens is 1. The number of ether oxygens (including phenoxy) is 2. The standard InChI is InChI=1S/C9H12.C3H6O2.C2H3ClO2/c1-3-9-6-4-8(2)5-7-9;1-2-5-3-4;3-1-5-2-4/h4-7H,3H2,1-2H3;3H,2H2,1H3;2H,1H2. The molecule has 5 heteroatoms. The van der Waals surface area contributed by atoms with Gasteiger partial charge in [-0.05, 0) is 25.8 Å². The maximum Gasteiger partial charge on any atom is 0.294 e. The summed E-state index contributed by atoms with van der Waals surface area (Å²) in [5, 5.41) is 0. The summed E-state index contributed by atoms with van der Waals surface area (Å²) in [6.07, 6.45) is 1.14. The van der Waals surface area contributed by atoms with Crippen molar-refractivity contribution in [3.05, 3.63) is 35.4 Å². The third kappa shape index (κ3) is 16.4. The second kappa shape index (κ2) is 16.4. The van der Waals surface area contributed by atoms with Crippen LogP contribution in [0.4, 0.5) is 0 Å². The highest BCUT2D eigenvalue weighted by Gasteiger charge is 1.84. The van der Waals surface area contributed by atoms with Crippen molar-refractivity contribution in [2.75, 3.05) is 12.7 Å². The molecule has 0 saturated carbocycles. The van der Waals surface area contributed by atoms with Crippen LogP contribution in [0.25, 0.3) is 0 Å². The lowest BCUT2D eigenvalue weighted by atomic mass is 10.1. The van der Waals surface area contributed by atoms with Crippen LogP contribution in [0.1, 0.15) is 25.0 Å². The van der Waals surface area contributed by atoms with Gasteiger partial charge in [-0.3, -0.25) is 9.59 Å². The highest BCUT2D eigenvalue weighted by molar-refractivity contribution is 6.17. The van der Waals surface area contributed by atoms with Gasteiger partial charge in [-0.15, -0.1) is 0 Å². The molecule has 0 radical (unpaired) electrons. The fraction of sp³-hybridized carbons (Fsp3) is 0.429. The molecule has 0 aliphatic rings. The number of aryl methyl sites for hydroxylation is 2. The monoisotopic (exact) mass is 288 g/mol. The van der Waals surface area contributed by atoms with E-state index in [9.17, 15) is 4.79 Å². The van der Waals surface area contributed by atoms with Gasteiger partial charge in [-0.25, -0.2) is 0 Å². The number of carbonyl (C=O) groups is 2. The van der Waals surface area contributed by atoms with Crippen LogP contribution in [0.2, 0.25) is 0 Å². The largest absolute Gasteiger partial charge is 0.468 e. The van der Waals surface area contributed by atoms with Gasteiger partial charge >= 0.3 is 0 Å². The molecule has 0 saturated heterocycles. The Balaban J connectivity index is 0. The Hall–Kier alpha value is -1.55. The minimum Gasteiger partial charge on any atom is -0.468 e. The summed E-state index contributed by atoms with van der Waals surface area (Å²) in [6.45, 7) is 7.25. The van der Waals surface area contributed by atoms with Gasteiger partial charge in [0, 0.05) is 0 Å². The Bertz CT molecular complexity index is 302. The number of carbonyl (C=O) groups excluding carboxylic acids is 2. The molecule has 19 heavy (non-hydrogen) atoms. The zero-order valence-electron chi connectivity index (χ0n) is 11.6. The first-order chi connectivity index (χ1) is 9.15. The molecule has 0 aliphatic carbocycles. The fourth-order valence-electron chi connectivity index (χ4n) is 0.918. The van der Waals surface area contributed by atoms with Gasteiger partial charge in [0.1, 0.15) is 0 Å². The summed E-state index contributed by atoms with van der Waals surface area (Å²) >= 11 is 4.85. The van der Waals surface area contributed by atoms with Gasteiger partial charge in [-0.1, -0.05) is 48.4 Å². The molecule has 108 valence electrons. The highest BCUT2D eigenvalue weighted by Crippen LogP contribution is 2.02. The predicted octanol–water partition coefficient (Wildman–Crippen LogP) is 3.09. The van der Waals surface area contributed by atoms with Crippen molar-refractivity contribution < 1.29 is 19.1 Å². The third-order valence-electron chi connectivity index (χ3n) is 1.89. The predicted molar refractivity (Wildman–Crippen MR) is 76.1 cm³/mol. The van der Waals surface area contributed by atoms with Crippen LogP contribution in [0.3, 0.4) is 0 Å². The van der Waals surface area contributed by atoms with Gasteiger partial charge in [0.15, 0.2) is 6.07 Å². The molecular formula is C14H21ClO4. The van der Waals surface area contributed by atoms with Crippen molar-refractivity contribution in [1.82, 2.24) is 0 Å². The van der Waals surface area contributed by atoms with Crippen LogP contribution in [0.5, 0.6) is 0 Å². The molecule has 0 bridgehead atoms. The zero-order chi connectivity index (χ0) is 14.9. The van der Waals surface area contributed by atoms with Gasteiger partial charge < -0.3 is 9.47 Å². The molecule has 0 spiro atoms. The van der Waals surface area contributed by atoms with Crippen molar-refractivity contribution in [2.45, 2.75) is 27.2 Å². The van der Waals surface area contributed by atoms with Crippen LogP contribution < -0.4 is 0 Å². The SMILES string of the molecule is CCOC=O.CCc1ccc(C)cc1.O=COCCl. The number of alkyl halides is 1. The number of benzene rings is 1. The van der Waals surface area contributed by atoms with E-state index in [0.717, 1.165) is 6.42 Å². The van der Waals surface area contributed by atoms with Crippen molar-refractivity contribution in [2.24, 2.45) is 0 Å². The van der Waals surface area contributed by atoms with Crippen LogP contribution in [0.15, 0.2) is 24.3 Å². The van der Waals surface area contributed by atoms with Crippen molar-refractivity contribution in [3.63, 3.8) is 0 Å². The first kappa shape index (κ1) is 19.8. The molecule has 1 aromatic carbocycles. The first-order valence-corrected chi connectivity index (χ1v) is 6.41. The lowest BCUT2D eigenvalue weighted by Gasteiger charge is -1.94. The molecule has 0 heterocycles. The highest BCUT2D eigenvalue weighted by atomic mass is 35.5. The van der Waals surface area contributed by atoms with Crippen LogP contribution >= 0.6 is 11.6 Å². The van der Waals surface area contributed by atoms with Crippen molar-refractivity contribution in [3.8, 4) is 0 Å². The van der Waals surface area contributed by atoms with E-state index in [-0.39, 0.29) is 6.07 Å². The topological polar surface area (TPSA) is 52.6 Å². The van der Waals surface area contributed by atoms with Crippen molar-refractivity contribution in [1.29, 1.82) is 0 Å². The first-order valence-electron chi connectivity index (χ1n) is 5.88. The Morgan fingerprint density at radius 3 is 1.79 bits per heavy atom. The third-order valence-corrected chi connectivity index (χ3v) is 2.02. The molecule has 0 aromatic heterocycles. The van der Waals surface area contributed by atoms with Crippen LogP contribution in [-0.2, 0) is 25.5 Å².